The van der Waals surface area contributed by atoms with Crippen LogP contribution in [0.15, 0.2) is 48.5 Å². The maximum Gasteiger partial charge on any atom is 0.341 e. The van der Waals surface area contributed by atoms with Gasteiger partial charge in [0.2, 0.25) is 0 Å². The molecule has 0 spiro atoms. The smallest absolute Gasteiger partial charge is 0.341 e. The summed E-state index contributed by atoms with van der Waals surface area (Å²) in [5, 5.41) is 3.35. The Bertz CT molecular complexity index is 960. The molecule has 2 aromatic carbocycles. The van der Waals surface area contributed by atoms with Crippen molar-refractivity contribution in [3.05, 3.63) is 54.1 Å². The first-order valence-electron chi connectivity index (χ1n) is 12.0. The van der Waals surface area contributed by atoms with E-state index in [1.807, 2.05) is 49.4 Å². The molecule has 2 aliphatic rings. The summed E-state index contributed by atoms with van der Waals surface area (Å²) in [4.78, 5) is 24.8. The average Bonchev–Trinajstić information content (AvgIpc) is 2.84. The van der Waals surface area contributed by atoms with Crippen LogP contribution in [0.4, 0.5) is 0 Å². The van der Waals surface area contributed by atoms with Crippen LogP contribution in [0.5, 0.6) is 5.75 Å². The first-order valence-corrected chi connectivity index (χ1v) is 12.0. The molecular weight excluding hydrogens is 418 g/mol. The summed E-state index contributed by atoms with van der Waals surface area (Å²) in [6.45, 7) is 5.17. The second-order valence-corrected chi connectivity index (χ2v) is 8.82. The van der Waals surface area contributed by atoms with E-state index < -0.39 is 0 Å². The van der Waals surface area contributed by atoms with Gasteiger partial charge in [-0.1, -0.05) is 36.4 Å². The molecule has 6 heteroatoms. The lowest BCUT2D eigenvalue weighted by Crippen LogP contribution is -2.51. The van der Waals surface area contributed by atoms with Crippen LogP contribution in [-0.4, -0.2) is 43.8 Å². The lowest BCUT2D eigenvalue weighted by atomic mass is 9.72. The van der Waals surface area contributed by atoms with Gasteiger partial charge >= 0.3 is 11.9 Å². The van der Waals surface area contributed by atoms with E-state index in [2.05, 4.69) is 5.32 Å². The Morgan fingerprint density at radius 2 is 1.70 bits per heavy atom. The number of carbonyl (C=O) groups is 2. The normalized spacial score (nSPS) is 24.4. The fourth-order valence-corrected chi connectivity index (χ4v) is 5.04. The van der Waals surface area contributed by atoms with Crippen LogP contribution < -0.4 is 10.1 Å². The molecule has 4 rings (SSSR count). The monoisotopic (exact) mass is 451 g/mol. The van der Waals surface area contributed by atoms with Gasteiger partial charge in [0.1, 0.15) is 17.4 Å². The van der Waals surface area contributed by atoms with Gasteiger partial charge in [0.15, 0.2) is 0 Å². The zero-order valence-electron chi connectivity index (χ0n) is 19.4. The third-order valence-electron chi connectivity index (χ3n) is 6.71. The fourth-order valence-electron chi connectivity index (χ4n) is 5.04. The predicted molar refractivity (Wildman–Crippen MR) is 126 cm³/mol. The van der Waals surface area contributed by atoms with Crippen molar-refractivity contribution in [2.45, 2.75) is 51.7 Å². The highest BCUT2D eigenvalue weighted by atomic mass is 16.5. The minimum atomic E-state index is -0.370. The van der Waals surface area contributed by atoms with E-state index in [-0.39, 0.29) is 24.1 Å². The number of nitrogens with one attached hydrogen (secondary N) is 1. The molecule has 0 radical (unpaired) electrons. The Labute approximate surface area is 195 Å². The molecule has 1 aliphatic heterocycles. The van der Waals surface area contributed by atoms with Crippen LogP contribution >= 0.6 is 0 Å². The molecule has 1 aliphatic carbocycles. The Morgan fingerprint density at radius 1 is 0.909 bits per heavy atom. The van der Waals surface area contributed by atoms with Crippen molar-refractivity contribution in [1.29, 1.82) is 0 Å². The summed E-state index contributed by atoms with van der Waals surface area (Å²) in [5.74, 6) is 0.955. The van der Waals surface area contributed by atoms with Gasteiger partial charge in [-0.2, -0.15) is 0 Å². The molecule has 0 aromatic heterocycles. The molecule has 1 heterocycles. The molecule has 6 nitrogen and oxygen atoms in total. The maximum atomic E-state index is 12.6. The Kier molecular flexibility index (Phi) is 7.65. The van der Waals surface area contributed by atoms with Crippen molar-refractivity contribution in [2.24, 2.45) is 11.8 Å². The van der Waals surface area contributed by atoms with Crippen LogP contribution in [0.2, 0.25) is 0 Å². The molecule has 0 bridgehead atoms. The summed E-state index contributed by atoms with van der Waals surface area (Å²) in [6, 6.07) is 15.5. The van der Waals surface area contributed by atoms with Crippen LogP contribution in [0, 0.1) is 11.8 Å². The lowest BCUT2D eigenvalue weighted by molar-refractivity contribution is -0.147. The Hall–Kier alpha value is -2.86. The minimum absolute atomic E-state index is 0.00797. The number of ether oxygens (including phenoxy) is 3. The van der Waals surface area contributed by atoms with Gasteiger partial charge in [-0.25, -0.2) is 4.79 Å². The number of benzene rings is 2. The van der Waals surface area contributed by atoms with E-state index >= 15 is 0 Å². The van der Waals surface area contributed by atoms with Crippen molar-refractivity contribution in [1.82, 2.24) is 5.32 Å². The number of rotatable bonds is 7. The summed E-state index contributed by atoms with van der Waals surface area (Å²) in [7, 11) is 0. The lowest BCUT2D eigenvalue weighted by Gasteiger charge is -2.41. The number of hydrogen-bond acceptors (Lipinski definition) is 6. The molecule has 176 valence electrons. The minimum Gasteiger partial charge on any atom is -0.489 e. The van der Waals surface area contributed by atoms with Gasteiger partial charge < -0.3 is 19.5 Å². The number of carbonyl (C=O) groups excluding carboxylic acids is 2. The van der Waals surface area contributed by atoms with Crippen molar-refractivity contribution in [3.63, 3.8) is 0 Å². The Morgan fingerprint density at radius 3 is 2.45 bits per heavy atom. The molecule has 2 aromatic rings. The molecular formula is C27H33NO5. The van der Waals surface area contributed by atoms with E-state index in [9.17, 15) is 9.59 Å². The van der Waals surface area contributed by atoms with E-state index in [1.165, 1.54) is 0 Å². The average molecular weight is 452 g/mol. The van der Waals surface area contributed by atoms with Crippen molar-refractivity contribution >= 4 is 11.9 Å². The van der Waals surface area contributed by atoms with Gasteiger partial charge in [-0.05, 0) is 81.2 Å². The number of hydrogen-bond donors (Lipinski definition) is 1. The molecule has 1 N–H and O–H groups in total. The molecule has 0 amide bonds. The predicted octanol–water partition coefficient (Wildman–Crippen LogP) is 4.62. The quantitative estimate of drug-likeness (QED) is 0.620. The molecule has 4 atom stereocenters. The fraction of sp³-hybridized carbons (Fsp3) is 0.481. The zero-order chi connectivity index (χ0) is 23.2. The molecule has 33 heavy (non-hydrogen) atoms. The van der Waals surface area contributed by atoms with Crippen LogP contribution in [0.1, 0.15) is 49.9 Å². The second kappa shape index (κ2) is 10.8. The largest absolute Gasteiger partial charge is 0.489 e. The molecule has 2 fully saturated rings. The number of esters is 2. The highest BCUT2D eigenvalue weighted by molar-refractivity contribution is 5.93. The summed E-state index contributed by atoms with van der Waals surface area (Å²) >= 11 is 0. The maximum absolute atomic E-state index is 12.6. The highest BCUT2D eigenvalue weighted by Crippen LogP contribution is 2.38. The van der Waals surface area contributed by atoms with Gasteiger partial charge in [-0.3, -0.25) is 4.79 Å². The second-order valence-electron chi connectivity index (χ2n) is 8.82. The highest BCUT2D eigenvalue weighted by Gasteiger charge is 2.39. The number of fused-ring (bicyclic) bond motifs is 1. The summed E-state index contributed by atoms with van der Waals surface area (Å²) < 4.78 is 17.0. The van der Waals surface area contributed by atoms with Crippen LogP contribution in [-0.2, 0) is 14.3 Å². The summed E-state index contributed by atoms with van der Waals surface area (Å²) in [5.41, 5.74) is 2.52. The zero-order valence-corrected chi connectivity index (χ0v) is 19.4. The van der Waals surface area contributed by atoms with Crippen molar-refractivity contribution < 1.29 is 23.8 Å². The first-order chi connectivity index (χ1) is 16.1. The van der Waals surface area contributed by atoms with Crippen molar-refractivity contribution in [2.75, 3.05) is 19.8 Å². The van der Waals surface area contributed by atoms with Gasteiger partial charge in [0, 0.05) is 0 Å². The molecule has 0 unspecified atom stereocenters. The molecule has 1 saturated carbocycles. The SMILES string of the molecule is CCOC(=O)c1ccc(-c2ccccc2)cc1O[C@H]1CC[C@H]2CN[C@H](C(=O)OCC)C[C@@H]2C1. The standard InChI is InChI=1S/C27H33NO5/c1-3-31-26(29)23-13-11-19(18-8-6-5-7-9-18)16-25(23)33-22-12-10-20-17-28-24(15-21(20)14-22)27(30)32-4-2/h5-9,11,13,16,20-22,24,28H,3-4,10,12,14-15,17H2,1-2H3/t20-,21-,22-,24-/m0/s1. The van der Waals surface area contributed by atoms with Gasteiger partial charge in [0.25, 0.3) is 0 Å². The van der Waals surface area contributed by atoms with E-state index in [1.54, 1.807) is 13.0 Å². The van der Waals surface area contributed by atoms with Crippen molar-refractivity contribution in [3.8, 4) is 16.9 Å². The van der Waals surface area contributed by atoms with Crippen LogP contribution in [0.3, 0.4) is 0 Å². The topological polar surface area (TPSA) is 73.9 Å². The summed E-state index contributed by atoms with van der Waals surface area (Å²) in [6.07, 6.45) is 3.57. The van der Waals surface area contributed by atoms with Gasteiger partial charge in [0.05, 0.1) is 19.3 Å². The van der Waals surface area contributed by atoms with E-state index in [0.29, 0.717) is 36.4 Å². The number of piperidine rings is 1. The molecule has 1 saturated heterocycles. The van der Waals surface area contributed by atoms with E-state index in [4.69, 9.17) is 14.2 Å². The Balaban J connectivity index is 1.52. The first kappa shape index (κ1) is 23.3. The third kappa shape index (κ3) is 5.56. The van der Waals surface area contributed by atoms with Gasteiger partial charge in [-0.15, -0.1) is 0 Å². The van der Waals surface area contributed by atoms with E-state index in [0.717, 1.165) is 43.4 Å². The third-order valence-corrected chi connectivity index (χ3v) is 6.71. The van der Waals surface area contributed by atoms with Crippen LogP contribution in [0.25, 0.3) is 11.1 Å².